The molecular formula is C61H37N3. The second kappa shape index (κ2) is 15.3. The maximum Gasteiger partial charge on any atom is 0.161 e. The second-order valence-corrected chi connectivity index (χ2v) is 16.3. The molecule has 0 aliphatic rings. The lowest BCUT2D eigenvalue weighted by atomic mass is 9.83. The minimum Gasteiger partial charge on any atom is -0.228 e. The van der Waals surface area contributed by atoms with Gasteiger partial charge in [-0.2, -0.15) is 5.26 Å². The highest BCUT2D eigenvalue weighted by Gasteiger charge is 2.23. The SMILES string of the molecule is N#Cc1ccc(-c2cccc(-c3cc(-c4ccccc4-c4ccccc4)nc(-c4c5ccccc5c(-c5c6ccccc6cc6c5ccc5ccccc56)c5ccccc45)n3)c2)cc1. The fraction of sp³-hybridized carbons (Fsp3) is 0. The van der Waals surface area contributed by atoms with Crippen LogP contribution in [-0.2, 0) is 0 Å². The summed E-state index contributed by atoms with van der Waals surface area (Å²) in [6.07, 6.45) is 0. The zero-order valence-electron chi connectivity index (χ0n) is 34.7. The van der Waals surface area contributed by atoms with Crippen LogP contribution >= 0.6 is 0 Å². The van der Waals surface area contributed by atoms with Gasteiger partial charge in [0.25, 0.3) is 0 Å². The van der Waals surface area contributed by atoms with E-state index in [1.807, 2.05) is 24.3 Å². The first-order valence-corrected chi connectivity index (χ1v) is 21.6. The molecule has 0 bridgehead atoms. The smallest absolute Gasteiger partial charge is 0.161 e. The number of nitriles is 1. The highest BCUT2D eigenvalue weighted by Crippen LogP contribution is 2.48. The summed E-state index contributed by atoms with van der Waals surface area (Å²) >= 11 is 0. The first-order valence-electron chi connectivity index (χ1n) is 21.6. The van der Waals surface area contributed by atoms with Gasteiger partial charge in [0.15, 0.2) is 5.82 Å². The molecule has 0 aliphatic heterocycles. The van der Waals surface area contributed by atoms with Crippen LogP contribution in [0.3, 0.4) is 0 Å². The number of nitrogens with zero attached hydrogens (tertiary/aromatic N) is 3. The van der Waals surface area contributed by atoms with Crippen LogP contribution in [0.1, 0.15) is 5.56 Å². The Morgan fingerprint density at radius 3 is 1.55 bits per heavy atom. The Bertz CT molecular complexity index is 3790. The van der Waals surface area contributed by atoms with E-state index >= 15 is 0 Å². The van der Waals surface area contributed by atoms with Gasteiger partial charge in [-0.05, 0) is 118 Å². The normalized spacial score (nSPS) is 11.4. The van der Waals surface area contributed by atoms with Gasteiger partial charge in [0.1, 0.15) is 0 Å². The number of fused-ring (bicyclic) bond motifs is 6. The number of hydrogen-bond acceptors (Lipinski definition) is 3. The van der Waals surface area contributed by atoms with Crippen LogP contribution in [0.2, 0.25) is 0 Å². The van der Waals surface area contributed by atoms with E-state index in [9.17, 15) is 5.26 Å². The topological polar surface area (TPSA) is 49.6 Å². The van der Waals surface area contributed by atoms with E-state index in [4.69, 9.17) is 9.97 Å². The van der Waals surface area contributed by atoms with Crippen LogP contribution < -0.4 is 0 Å². The number of benzene rings is 11. The zero-order chi connectivity index (χ0) is 42.6. The molecule has 12 aromatic rings. The van der Waals surface area contributed by atoms with Gasteiger partial charge < -0.3 is 0 Å². The summed E-state index contributed by atoms with van der Waals surface area (Å²) in [4.78, 5) is 11.1. The average molecular weight is 812 g/mol. The summed E-state index contributed by atoms with van der Waals surface area (Å²) in [6.45, 7) is 0. The quantitative estimate of drug-likeness (QED) is 0.124. The van der Waals surface area contributed by atoms with Crippen LogP contribution in [0.4, 0.5) is 0 Å². The second-order valence-electron chi connectivity index (χ2n) is 16.3. The molecule has 3 nitrogen and oxygen atoms in total. The van der Waals surface area contributed by atoms with Gasteiger partial charge in [-0.15, -0.1) is 0 Å². The van der Waals surface area contributed by atoms with Gasteiger partial charge in [-0.1, -0.05) is 194 Å². The average Bonchev–Trinajstić information content (AvgIpc) is 3.37. The first-order chi connectivity index (χ1) is 31.7. The van der Waals surface area contributed by atoms with Crippen molar-refractivity contribution in [2.45, 2.75) is 0 Å². The van der Waals surface area contributed by atoms with Gasteiger partial charge >= 0.3 is 0 Å². The van der Waals surface area contributed by atoms with Crippen molar-refractivity contribution in [1.82, 2.24) is 9.97 Å². The highest BCUT2D eigenvalue weighted by molar-refractivity contribution is 6.29. The molecule has 0 radical (unpaired) electrons. The van der Waals surface area contributed by atoms with E-state index in [2.05, 4.69) is 206 Å². The third-order valence-corrected chi connectivity index (χ3v) is 12.7. The summed E-state index contributed by atoms with van der Waals surface area (Å²) < 4.78 is 0. The van der Waals surface area contributed by atoms with Crippen molar-refractivity contribution in [3.05, 3.63) is 230 Å². The molecule has 0 unspecified atom stereocenters. The molecule has 1 aromatic heterocycles. The maximum atomic E-state index is 9.48. The van der Waals surface area contributed by atoms with Gasteiger partial charge in [0.05, 0.1) is 23.0 Å². The Labute approximate surface area is 370 Å². The molecule has 0 N–H and O–H groups in total. The summed E-state index contributed by atoms with van der Waals surface area (Å²) in [7, 11) is 0. The lowest BCUT2D eigenvalue weighted by molar-refractivity contribution is 1.19. The molecule has 0 aliphatic carbocycles. The molecule has 0 fully saturated rings. The number of aromatic nitrogens is 2. The molecule has 0 saturated carbocycles. The number of rotatable bonds is 6. The molecule has 1 heterocycles. The molecule has 296 valence electrons. The first kappa shape index (κ1) is 37.1. The zero-order valence-corrected chi connectivity index (χ0v) is 34.7. The molecular weight excluding hydrogens is 775 g/mol. The Morgan fingerprint density at radius 1 is 0.297 bits per heavy atom. The van der Waals surface area contributed by atoms with E-state index in [0.29, 0.717) is 11.4 Å². The lowest BCUT2D eigenvalue weighted by Gasteiger charge is -2.21. The van der Waals surface area contributed by atoms with Crippen LogP contribution in [0.15, 0.2) is 224 Å². The third kappa shape index (κ3) is 6.20. The Hall–Kier alpha value is -8.71. The van der Waals surface area contributed by atoms with Crippen molar-refractivity contribution in [3.63, 3.8) is 0 Å². The predicted molar refractivity (Wildman–Crippen MR) is 267 cm³/mol. The van der Waals surface area contributed by atoms with E-state index in [-0.39, 0.29) is 0 Å². The van der Waals surface area contributed by atoms with Crippen molar-refractivity contribution in [2.24, 2.45) is 0 Å². The Kier molecular flexibility index (Phi) is 8.88. The van der Waals surface area contributed by atoms with Gasteiger partial charge in [-0.3, -0.25) is 0 Å². The maximum absolute atomic E-state index is 9.48. The van der Waals surface area contributed by atoms with Gasteiger partial charge in [0.2, 0.25) is 0 Å². The van der Waals surface area contributed by atoms with Crippen LogP contribution in [-0.4, -0.2) is 9.97 Å². The van der Waals surface area contributed by atoms with Crippen LogP contribution in [0, 0.1) is 11.3 Å². The highest BCUT2D eigenvalue weighted by atomic mass is 14.9. The fourth-order valence-corrected chi connectivity index (χ4v) is 9.74. The lowest BCUT2D eigenvalue weighted by Crippen LogP contribution is -1.99. The largest absolute Gasteiger partial charge is 0.228 e. The molecule has 3 heteroatoms. The molecule has 0 spiro atoms. The fourth-order valence-electron chi connectivity index (χ4n) is 9.74. The van der Waals surface area contributed by atoms with E-state index in [0.717, 1.165) is 71.9 Å². The Morgan fingerprint density at radius 2 is 0.828 bits per heavy atom. The molecule has 12 rings (SSSR count). The van der Waals surface area contributed by atoms with Crippen molar-refractivity contribution in [1.29, 1.82) is 5.26 Å². The van der Waals surface area contributed by atoms with Crippen molar-refractivity contribution < 1.29 is 0 Å². The van der Waals surface area contributed by atoms with Gasteiger partial charge in [0, 0.05) is 16.7 Å². The van der Waals surface area contributed by atoms with Crippen molar-refractivity contribution in [3.8, 4) is 73.4 Å². The summed E-state index contributed by atoms with van der Waals surface area (Å²) in [5.74, 6) is 0.659. The third-order valence-electron chi connectivity index (χ3n) is 12.7. The van der Waals surface area contributed by atoms with Crippen molar-refractivity contribution in [2.75, 3.05) is 0 Å². The van der Waals surface area contributed by atoms with E-state index in [1.54, 1.807) is 0 Å². The molecule has 0 atom stereocenters. The van der Waals surface area contributed by atoms with Crippen LogP contribution in [0.25, 0.3) is 121 Å². The number of hydrogen-bond donors (Lipinski definition) is 0. The summed E-state index contributed by atoms with van der Waals surface area (Å²) in [6, 6.07) is 81.7. The molecule has 64 heavy (non-hydrogen) atoms. The molecule has 0 saturated heterocycles. The van der Waals surface area contributed by atoms with E-state index < -0.39 is 0 Å². The predicted octanol–water partition coefficient (Wildman–Crippen LogP) is 16.1. The molecule has 11 aromatic carbocycles. The van der Waals surface area contributed by atoms with E-state index in [1.165, 1.54) is 43.4 Å². The summed E-state index contributed by atoms with van der Waals surface area (Å²) in [5.41, 5.74) is 12.0. The molecule has 0 amide bonds. The standard InChI is InChI=1S/C61H37N3/c62-38-39-29-31-40(32-30-39)43-19-14-20-45(35-43)56-37-57(49-24-9-8-21-46(49)41-15-2-1-3-16-41)64-61(63-56)60-52-27-12-10-25-50(52)59(51-26-11-13-28-53(51)60)58-48-23-7-5-18-44(48)36-55-47-22-6-4-17-42(47)33-34-54(55)58/h1-37H. The van der Waals surface area contributed by atoms with Gasteiger partial charge in [-0.25, -0.2) is 9.97 Å². The Balaban J connectivity index is 1.16. The summed E-state index contributed by atoms with van der Waals surface area (Å²) in [5, 5.41) is 21.3. The van der Waals surface area contributed by atoms with Crippen LogP contribution in [0.5, 0.6) is 0 Å². The minimum absolute atomic E-state index is 0.634. The van der Waals surface area contributed by atoms with Crippen molar-refractivity contribution >= 4 is 53.9 Å². The minimum atomic E-state index is 0.634. The monoisotopic (exact) mass is 811 g/mol.